The van der Waals surface area contributed by atoms with Crippen molar-refractivity contribution in [3.8, 4) is 11.5 Å². The largest absolute Gasteiger partial charge is 0.485 e. The molecule has 6 heteroatoms. The molecule has 0 radical (unpaired) electrons. The van der Waals surface area contributed by atoms with E-state index in [1.54, 1.807) is 11.8 Å². The number of fused-ring (bicyclic) bond motifs is 1. The first kappa shape index (κ1) is 14.1. The molecule has 5 nitrogen and oxygen atoms in total. The topological polar surface area (TPSA) is 49.2 Å². The van der Waals surface area contributed by atoms with E-state index >= 15 is 0 Å². The summed E-state index contributed by atoms with van der Waals surface area (Å²) in [5.41, 5.74) is 0. The van der Waals surface area contributed by atoms with Gasteiger partial charge in [-0.3, -0.25) is 0 Å². The van der Waals surface area contributed by atoms with Crippen molar-refractivity contribution in [3.63, 3.8) is 0 Å². The SMILES string of the molecule is Cn1c(Sc2ccccc2)nnc1C1COc2ccccc2O1. The molecule has 23 heavy (non-hydrogen) atoms. The summed E-state index contributed by atoms with van der Waals surface area (Å²) in [6.45, 7) is 0.430. The highest BCUT2D eigenvalue weighted by Gasteiger charge is 2.27. The summed E-state index contributed by atoms with van der Waals surface area (Å²) in [7, 11) is 1.95. The zero-order valence-electron chi connectivity index (χ0n) is 12.5. The third kappa shape index (κ3) is 2.77. The standard InChI is InChI=1S/C17H15N3O2S/c1-20-16(15-11-21-13-9-5-6-10-14(13)22-15)18-19-17(20)23-12-7-3-2-4-8-12/h2-10,15H,11H2,1H3. The lowest BCUT2D eigenvalue weighted by molar-refractivity contribution is 0.0825. The van der Waals surface area contributed by atoms with E-state index in [9.17, 15) is 0 Å². The highest BCUT2D eigenvalue weighted by atomic mass is 32.2. The van der Waals surface area contributed by atoms with Crippen molar-refractivity contribution in [2.75, 3.05) is 6.61 Å². The van der Waals surface area contributed by atoms with Gasteiger partial charge >= 0.3 is 0 Å². The van der Waals surface area contributed by atoms with Crippen LogP contribution < -0.4 is 9.47 Å². The normalized spacial score (nSPS) is 16.3. The fraction of sp³-hybridized carbons (Fsp3) is 0.176. The molecule has 1 unspecified atom stereocenters. The average Bonchev–Trinajstić information content (AvgIpc) is 2.96. The van der Waals surface area contributed by atoms with Gasteiger partial charge in [-0.05, 0) is 36.0 Å². The highest BCUT2D eigenvalue weighted by molar-refractivity contribution is 7.99. The Morgan fingerprint density at radius 2 is 1.74 bits per heavy atom. The van der Waals surface area contributed by atoms with Crippen molar-refractivity contribution in [1.29, 1.82) is 0 Å². The molecule has 0 amide bonds. The van der Waals surface area contributed by atoms with Crippen LogP contribution in [0.1, 0.15) is 11.9 Å². The molecule has 0 saturated heterocycles. The number of hydrogen-bond donors (Lipinski definition) is 0. The summed E-state index contributed by atoms with van der Waals surface area (Å²) in [5.74, 6) is 2.27. The minimum atomic E-state index is -0.257. The molecule has 4 rings (SSSR count). The summed E-state index contributed by atoms with van der Waals surface area (Å²) >= 11 is 1.58. The van der Waals surface area contributed by atoms with Crippen LogP contribution in [0.4, 0.5) is 0 Å². The van der Waals surface area contributed by atoms with E-state index in [4.69, 9.17) is 9.47 Å². The van der Waals surface area contributed by atoms with Crippen LogP contribution in [0.25, 0.3) is 0 Å². The second-order valence-corrected chi connectivity index (χ2v) is 6.22. The van der Waals surface area contributed by atoms with E-state index in [0.29, 0.717) is 6.61 Å². The van der Waals surface area contributed by atoms with Crippen LogP contribution in [0.3, 0.4) is 0 Å². The van der Waals surface area contributed by atoms with Crippen molar-refractivity contribution >= 4 is 11.8 Å². The van der Waals surface area contributed by atoms with Gasteiger partial charge in [-0.2, -0.15) is 0 Å². The van der Waals surface area contributed by atoms with Crippen molar-refractivity contribution in [3.05, 3.63) is 60.4 Å². The Bertz CT molecular complexity index is 820. The van der Waals surface area contributed by atoms with Crippen molar-refractivity contribution in [2.45, 2.75) is 16.2 Å². The molecule has 0 bridgehead atoms. The number of nitrogens with zero attached hydrogens (tertiary/aromatic N) is 3. The van der Waals surface area contributed by atoms with Crippen LogP contribution >= 0.6 is 11.8 Å². The number of ether oxygens (including phenoxy) is 2. The quantitative estimate of drug-likeness (QED) is 0.738. The van der Waals surface area contributed by atoms with E-state index in [-0.39, 0.29) is 6.10 Å². The Hall–Kier alpha value is -2.47. The molecular weight excluding hydrogens is 310 g/mol. The molecule has 0 fully saturated rings. The molecule has 2 aromatic carbocycles. The van der Waals surface area contributed by atoms with Crippen LogP contribution in [0.2, 0.25) is 0 Å². The molecular formula is C17H15N3O2S. The molecule has 0 spiro atoms. The maximum Gasteiger partial charge on any atom is 0.195 e. The first-order chi connectivity index (χ1) is 11.3. The van der Waals surface area contributed by atoms with Gasteiger partial charge in [-0.1, -0.05) is 30.3 Å². The summed E-state index contributed by atoms with van der Waals surface area (Å²) in [6.07, 6.45) is -0.257. The Morgan fingerprint density at radius 3 is 2.57 bits per heavy atom. The third-order valence-corrected chi connectivity index (χ3v) is 4.66. The monoisotopic (exact) mass is 325 g/mol. The number of hydrogen-bond acceptors (Lipinski definition) is 5. The lowest BCUT2D eigenvalue weighted by Gasteiger charge is -2.25. The van der Waals surface area contributed by atoms with Crippen molar-refractivity contribution in [1.82, 2.24) is 14.8 Å². The molecule has 0 aliphatic carbocycles. The third-order valence-electron chi connectivity index (χ3n) is 3.62. The van der Waals surface area contributed by atoms with Gasteiger partial charge in [0.25, 0.3) is 0 Å². The van der Waals surface area contributed by atoms with Gasteiger partial charge in [0.1, 0.15) is 6.61 Å². The number of rotatable bonds is 3. The van der Waals surface area contributed by atoms with E-state index in [2.05, 4.69) is 22.3 Å². The van der Waals surface area contributed by atoms with Crippen molar-refractivity contribution < 1.29 is 9.47 Å². The fourth-order valence-corrected chi connectivity index (χ4v) is 3.25. The molecule has 1 aromatic heterocycles. The van der Waals surface area contributed by atoms with Crippen LogP contribution in [0.5, 0.6) is 11.5 Å². The van der Waals surface area contributed by atoms with E-state index in [1.165, 1.54) is 0 Å². The van der Waals surface area contributed by atoms with E-state index < -0.39 is 0 Å². The first-order valence-electron chi connectivity index (χ1n) is 7.32. The van der Waals surface area contributed by atoms with Crippen LogP contribution in [-0.4, -0.2) is 21.4 Å². The Kier molecular flexibility index (Phi) is 3.67. The first-order valence-corrected chi connectivity index (χ1v) is 8.13. The van der Waals surface area contributed by atoms with Gasteiger partial charge in [0.05, 0.1) is 0 Å². The highest BCUT2D eigenvalue weighted by Crippen LogP contribution is 2.36. The maximum absolute atomic E-state index is 6.00. The Balaban J connectivity index is 1.57. The minimum Gasteiger partial charge on any atom is -0.485 e. The minimum absolute atomic E-state index is 0.257. The summed E-state index contributed by atoms with van der Waals surface area (Å²) in [5, 5.41) is 9.41. The molecule has 1 atom stereocenters. The second-order valence-electron chi connectivity index (χ2n) is 5.18. The molecule has 1 aliphatic heterocycles. The maximum atomic E-state index is 6.00. The number of para-hydroxylation sites is 2. The predicted molar refractivity (Wildman–Crippen MR) is 86.9 cm³/mol. The molecule has 116 valence electrons. The van der Waals surface area contributed by atoms with Gasteiger partial charge in [-0.15, -0.1) is 10.2 Å². The van der Waals surface area contributed by atoms with Crippen LogP contribution in [-0.2, 0) is 7.05 Å². The molecule has 0 saturated carbocycles. The van der Waals surface area contributed by atoms with Gasteiger partial charge in [0, 0.05) is 11.9 Å². The van der Waals surface area contributed by atoms with Crippen LogP contribution in [0.15, 0.2) is 64.6 Å². The number of aromatic nitrogens is 3. The molecule has 1 aliphatic rings. The molecule has 2 heterocycles. The van der Waals surface area contributed by atoms with Crippen LogP contribution in [0, 0.1) is 0 Å². The van der Waals surface area contributed by atoms with Crippen molar-refractivity contribution in [2.24, 2.45) is 7.05 Å². The van der Waals surface area contributed by atoms with Gasteiger partial charge < -0.3 is 14.0 Å². The summed E-state index contributed by atoms with van der Waals surface area (Å²) < 4.78 is 13.7. The van der Waals surface area contributed by atoms with Gasteiger partial charge in [0.15, 0.2) is 28.6 Å². The number of benzene rings is 2. The van der Waals surface area contributed by atoms with Gasteiger partial charge in [0.2, 0.25) is 0 Å². The van der Waals surface area contributed by atoms with Gasteiger partial charge in [-0.25, -0.2) is 0 Å². The Labute approximate surface area is 138 Å². The average molecular weight is 325 g/mol. The predicted octanol–water partition coefficient (Wildman–Crippen LogP) is 3.48. The van der Waals surface area contributed by atoms with E-state index in [0.717, 1.165) is 27.4 Å². The fourth-order valence-electron chi connectivity index (χ4n) is 2.44. The lowest BCUT2D eigenvalue weighted by Crippen LogP contribution is -2.24. The summed E-state index contributed by atoms with van der Waals surface area (Å²) in [4.78, 5) is 1.13. The van der Waals surface area contributed by atoms with E-state index in [1.807, 2.05) is 54.1 Å². The molecule has 3 aromatic rings. The Morgan fingerprint density at radius 1 is 1.00 bits per heavy atom. The smallest absolute Gasteiger partial charge is 0.195 e. The lowest BCUT2D eigenvalue weighted by atomic mass is 10.2. The second kappa shape index (κ2) is 5.96. The molecule has 0 N–H and O–H groups in total. The zero-order chi connectivity index (χ0) is 15.6. The zero-order valence-corrected chi connectivity index (χ0v) is 13.4. The summed E-state index contributed by atoms with van der Waals surface area (Å²) in [6, 6.07) is 17.8.